The zero-order valence-electron chi connectivity index (χ0n) is 12.1. The van der Waals surface area contributed by atoms with Crippen LogP contribution >= 0.6 is 0 Å². The minimum Gasteiger partial charge on any atom is -0.370 e. The number of unbranched alkanes of at least 4 members (excludes halogenated alkanes) is 3. The molecule has 0 saturated heterocycles. The molecule has 0 rings (SSSR count). The van der Waals surface area contributed by atoms with Crippen molar-refractivity contribution in [3.8, 4) is 0 Å². The van der Waals surface area contributed by atoms with E-state index in [9.17, 15) is 8.42 Å². The van der Waals surface area contributed by atoms with E-state index in [2.05, 4.69) is 22.0 Å². The van der Waals surface area contributed by atoms with Gasteiger partial charge in [-0.05, 0) is 19.8 Å². The summed E-state index contributed by atoms with van der Waals surface area (Å²) in [4.78, 5) is 4.14. The summed E-state index contributed by atoms with van der Waals surface area (Å²) in [7, 11) is -3.09. The van der Waals surface area contributed by atoms with Gasteiger partial charge in [-0.15, -0.1) is 0 Å². The predicted molar refractivity (Wildman–Crippen MR) is 80.7 cm³/mol. The van der Waals surface area contributed by atoms with Gasteiger partial charge in [0, 0.05) is 19.6 Å². The highest BCUT2D eigenvalue weighted by atomic mass is 32.2. The molecule has 0 aliphatic rings. The zero-order valence-corrected chi connectivity index (χ0v) is 12.9. The van der Waals surface area contributed by atoms with E-state index in [0.717, 1.165) is 13.0 Å². The molecule has 0 amide bonds. The summed E-state index contributed by atoms with van der Waals surface area (Å²) < 4.78 is 24.8. The van der Waals surface area contributed by atoms with Crippen LogP contribution in [0.1, 0.15) is 46.0 Å². The van der Waals surface area contributed by atoms with E-state index in [1.807, 2.05) is 0 Å². The quantitative estimate of drug-likeness (QED) is 0.298. The van der Waals surface area contributed by atoms with Crippen LogP contribution in [0.3, 0.4) is 0 Å². The van der Waals surface area contributed by atoms with Crippen molar-refractivity contribution in [2.45, 2.75) is 46.0 Å². The van der Waals surface area contributed by atoms with Crippen molar-refractivity contribution in [1.29, 1.82) is 0 Å². The molecule has 4 N–H and O–H groups in total. The lowest BCUT2D eigenvalue weighted by molar-refractivity contribution is 0.581. The molecule has 0 aliphatic carbocycles. The van der Waals surface area contributed by atoms with Crippen LogP contribution in [0.25, 0.3) is 0 Å². The Balaban J connectivity index is 3.54. The summed E-state index contributed by atoms with van der Waals surface area (Å²) in [6, 6.07) is 0. The second-order valence-corrected chi connectivity index (χ2v) is 6.50. The molecule has 0 atom stereocenters. The first-order chi connectivity index (χ1) is 9.02. The second-order valence-electron chi connectivity index (χ2n) is 4.41. The smallest absolute Gasteiger partial charge is 0.211 e. The molecule has 0 aliphatic heterocycles. The van der Waals surface area contributed by atoms with Gasteiger partial charge in [-0.2, -0.15) is 0 Å². The third-order valence-electron chi connectivity index (χ3n) is 2.66. The Hall–Kier alpha value is -0.820. The summed E-state index contributed by atoms with van der Waals surface area (Å²) in [5, 5.41) is 3.05. The molecule has 6 nitrogen and oxygen atoms in total. The number of sulfonamides is 1. The molecule has 0 spiro atoms. The molecule has 0 unspecified atom stereocenters. The van der Waals surface area contributed by atoms with E-state index in [4.69, 9.17) is 5.73 Å². The fourth-order valence-electron chi connectivity index (χ4n) is 1.43. The Labute approximate surface area is 117 Å². The van der Waals surface area contributed by atoms with Crippen LogP contribution in [0.2, 0.25) is 0 Å². The Morgan fingerprint density at radius 3 is 2.47 bits per heavy atom. The van der Waals surface area contributed by atoms with E-state index in [0.29, 0.717) is 25.5 Å². The topological polar surface area (TPSA) is 96.6 Å². The van der Waals surface area contributed by atoms with Gasteiger partial charge < -0.3 is 11.1 Å². The standard InChI is InChI=1S/C12H28N4O2S/c1-3-5-6-7-9-14-12(13)15-10-8-11-16-19(17,18)4-2/h16H,3-11H2,1-2H3,(H3,13,14,15). The van der Waals surface area contributed by atoms with E-state index < -0.39 is 10.0 Å². The van der Waals surface area contributed by atoms with Gasteiger partial charge in [-0.3, -0.25) is 4.99 Å². The zero-order chi connectivity index (χ0) is 14.6. The first-order valence-electron chi connectivity index (χ1n) is 7.03. The average molecular weight is 292 g/mol. The normalized spacial score (nSPS) is 12.6. The highest BCUT2D eigenvalue weighted by molar-refractivity contribution is 7.89. The maximum atomic E-state index is 11.1. The largest absolute Gasteiger partial charge is 0.370 e. The molecule has 114 valence electrons. The van der Waals surface area contributed by atoms with Crippen molar-refractivity contribution in [1.82, 2.24) is 10.0 Å². The van der Waals surface area contributed by atoms with Crippen molar-refractivity contribution in [2.24, 2.45) is 10.7 Å². The van der Waals surface area contributed by atoms with Crippen molar-refractivity contribution >= 4 is 16.0 Å². The molecule has 0 aromatic carbocycles. The maximum absolute atomic E-state index is 11.1. The van der Waals surface area contributed by atoms with Crippen LogP contribution < -0.4 is 15.8 Å². The molecule has 0 heterocycles. The van der Waals surface area contributed by atoms with E-state index >= 15 is 0 Å². The Morgan fingerprint density at radius 2 is 1.84 bits per heavy atom. The van der Waals surface area contributed by atoms with Crippen LogP contribution in [0.4, 0.5) is 0 Å². The van der Waals surface area contributed by atoms with Gasteiger partial charge >= 0.3 is 0 Å². The fraction of sp³-hybridized carbons (Fsp3) is 0.917. The summed E-state index contributed by atoms with van der Waals surface area (Å²) in [5.74, 6) is 0.549. The van der Waals surface area contributed by atoms with Crippen LogP contribution in [0.5, 0.6) is 0 Å². The Bertz CT molecular complexity index is 342. The Morgan fingerprint density at radius 1 is 1.11 bits per heavy atom. The van der Waals surface area contributed by atoms with Gasteiger partial charge in [0.1, 0.15) is 0 Å². The lowest BCUT2D eigenvalue weighted by Gasteiger charge is -2.05. The minimum absolute atomic E-state index is 0.109. The van der Waals surface area contributed by atoms with E-state index in [-0.39, 0.29) is 5.75 Å². The number of rotatable bonds is 11. The molecule has 0 saturated carbocycles. The molecular weight excluding hydrogens is 264 g/mol. The number of aliphatic imine (C=N–C) groups is 1. The van der Waals surface area contributed by atoms with Gasteiger partial charge in [-0.1, -0.05) is 26.2 Å². The number of hydrogen-bond acceptors (Lipinski definition) is 3. The number of hydrogen-bond donors (Lipinski definition) is 3. The molecule has 0 fully saturated rings. The molecule has 0 aromatic heterocycles. The monoisotopic (exact) mass is 292 g/mol. The first-order valence-corrected chi connectivity index (χ1v) is 8.68. The van der Waals surface area contributed by atoms with E-state index in [1.54, 1.807) is 6.92 Å². The minimum atomic E-state index is -3.09. The van der Waals surface area contributed by atoms with Gasteiger partial charge in [0.25, 0.3) is 0 Å². The van der Waals surface area contributed by atoms with Gasteiger partial charge in [-0.25, -0.2) is 13.1 Å². The molecule has 0 aromatic rings. The molecule has 7 heteroatoms. The highest BCUT2D eigenvalue weighted by Gasteiger charge is 2.03. The predicted octanol–water partition coefficient (Wildman–Crippen LogP) is 0.800. The molecule has 0 radical (unpaired) electrons. The van der Waals surface area contributed by atoms with Crippen molar-refractivity contribution in [3.63, 3.8) is 0 Å². The van der Waals surface area contributed by atoms with Crippen LogP contribution in [-0.4, -0.2) is 39.8 Å². The summed E-state index contributed by atoms with van der Waals surface area (Å²) in [5.41, 5.74) is 5.68. The maximum Gasteiger partial charge on any atom is 0.211 e. The summed E-state index contributed by atoms with van der Waals surface area (Å²) >= 11 is 0. The van der Waals surface area contributed by atoms with Gasteiger partial charge in [0.15, 0.2) is 5.96 Å². The number of nitrogens with zero attached hydrogens (tertiary/aromatic N) is 1. The average Bonchev–Trinajstić information content (AvgIpc) is 2.38. The molecule has 0 bridgehead atoms. The van der Waals surface area contributed by atoms with Crippen molar-refractivity contribution in [2.75, 3.05) is 25.4 Å². The Kier molecular flexibility index (Phi) is 10.6. The van der Waals surface area contributed by atoms with Crippen LogP contribution in [-0.2, 0) is 10.0 Å². The highest BCUT2D eigenvalue weighted by Crippen LogP contribution is 1.96. The van der Waals surface area contributed by atoms with Crippen molar-refractivity contribution in [3.05, 3.63) is 0 Å². The van der Waals surface area contributed by atoms with Crippen LogP contribution in [0.15, 0.2) is 4.99 Å². The third-order valence-corrected chi connectivity index (χ3v) is 4.06. The summed E-state index contributed by atoms with van der Waals surface area (Å²) in [6.45, 7) is 5.57. The van der Waals surface area contributed by atoms with Crippen LogP contribution in [0, 0.1) is 0 Å². The second kappa shape index (κ2) is 11.0. The van der Waals surface area contributed by atoms with Crippen molar-refractivity contribution < 1.29 is 8.42 Å². The molecular formula is C12H28N4O2S. The lowest BCUT2D eigenvalue weighted by atomic mass is 10.2. The number of nitrogens with two attached hydrogens (primary N) is 1. The first kappa shape index (κ1) is 18.2. The SMILES string of the molecule is CCCCCCNC(N)=NCCCNS(=O)(=O)CC. The number of nitrogens with one attached hydrogen (secondary N) is 2. The fourth-order valence-corrected chi connectivity index (χ4v) is 2.09. The van der Waals surface area contributed by atoms with Gasteiger partial charge in [0.2, 0.25) is 10.0 Å². The summed E-state index contributed by atoms with van der Waals surface area (Å²) in [6.07, 6.45) is 5.42. The number of guanidine groups is 1. The lowest BCUT2D eigenvalue weighted by Crippen LogP contribution is -2.33. The van der Waals surface area contributed by atoms with Gasteiger partial charge in [0.05, 0.1) is 5.75 Å². The third kappa shape index (κ3) is 12.0. The van der Waals surface area contributed by atoms with E-state index in [1.165, 1.54) is 19.3 Å². The molecule has 19 heavy (non-hydrogen) atoms.